The van der Waals surface area contributed by atoms with E-state index in [4.69, 9.17) is 4.74 Å². The average molecular weight is 251 g/mol. The Labute approximate surface area is 109 Å². The molecule has 0 radical (unpaired) electrons. The molecule has 1 aromatic carbocycles. The lowest BCUT2D eigenvalue weighted by Gasteiger charge is -2.24. The Balaban J connectivity index is 2.20. The van der Waals surface area contributed by atoms with Gasteiger partial charge in [-0.25, -0.2) is 4.39 Å². The molecule has 0 saturated carbocycles. The molecule has 0 atom stereocenters. The van der Waals surface area contributed by atoms with Crippen LogP contribution in [0, 0.1) is 11.2 Å². The summed E-state index contributed by atoms with van der Waals surface area (Å²) in [6.07, 6.45) is 2.26. The maximum atomic E-state index is 14.0. The van der Waals surface area contributed by atoms with Gasteiger partial charge in [-0.05, 0) is 30.4 Å². The summed E-state index contributed by atoms with van der Waals surface area (Å²) in [5.41, 5.74) is 0.716. The number of hydrogen-bond donors (Lipinski definition) is 0. The van der Waals surface area contributed by atoms with E-state index in [-0.39, 0.29) is 11.2 Å². The van der Waals surface area contributed by atoms with Crippen molar-refractivity contribution in [2.75, 3.05) is 24.6 Å². The van der Waals surface area contributed by atoms with Gasteiger partial charge in [-0.3, -0.25) is 0 Å². The second-order valence-corrected chi connectivity index (χ2v) is 6.13. The van der Waals surface area contributed by atoms with Gasteiger partial charge >= 0.3 is 0 Å². The van der Waals surface area contributed by atoms with E-state index in [0.717, 1.165) is 25.9 Å². The number of para-hydroxylation sites is 1. The van der Waals surface area contributed by atoms with Gasteiger partial charge in [-0.2, -0.15) is 0 Å². The van der Waals surface area contributed by atoms with Crippen LogP contribution in [0.15, 0.2) is 18.2 Å². The first-order valence-electron chi connectivity index (χ1n) is 6.64. The van der Waals surface area contributed by atoms with E-state index in [2.05, 4.69) is 25.7 Å². The molecule has 18 heavy (non-hydrogen) atoms. The molecule has 1 aliphatic rings. The zero-order valence-electron chi connectivity index (χ0n) is 11.5. The molecule has 2 nitrogen and oxygen atoms in total. The van der Waals surface area contributed by atoms with Crippen LogP contribution in [0.1, 0.15) is 33.6 Å². The summed E-state index contributed by atoms with van der Waals surface area (Å²) in [7, 11) is 0. The largest absolute Gasteiger partial charge is 0.491 e. The molecule has 0 aliphatic carbocycles. The predicted molar refractivity (Wildman–Crippen MR) is 72.8 cm³/mol. The number of anilines is 1. The highest BCUT2D eigenvalue weighted by Gasteiger charge is 2.21. The van der Waals surface area contributed by atoms with E-state index < -0.39 is 0 Å². The van der Waals surface area contributed by atoms with Crippen molar-refractivity contribution in [3.8, 4) is 5.75 Å². The molecule has 0 amide bonds. The van der Waals surface area contributed by atoms with Gasteiger partial charge in [0.15, 0.2) is 0 Å². The van der Waals surface area contributed by atoms with Crippen molar-refractivity contribution in [3.05, 3.63) is 24.0 Å². The van der Waals surface area contributed by atoms with E-state index >= 15 is 0 Å². The quantitative estimate of drug-likeness (QED) is 0.809. The minimum absolute atomic E-state index is 0.0780. The fourth-order valence-corrected chi connectivity index (χ4v) is 2.15. The Morgan fingerprint density at radius 3 is 2.50 bits per heavy atom. The summed E-state index contributed by atoms with van der Waals surface area (Å²) in [6.45, 7) is 8.78. The summed E-state index contributed by atoms with van der Waals surface area (Å²) >= 11 is 0. The summed E-state index contributed by atoms with van der Waals surface area (Å²) in [5, 5.41) is 0. The van der Waals surface area contributed by atoms with E-state index in [0.29, 0.717) is 18.0 Å². The van der Waals surface area contributed by atoms with Crippen molar-refractivity contribution in [2.45, 2.75) is 33.6 Å². The number of ether oxygens (including phenoxy) is 1. The molecule has 1 aliphatic heterocycles. The smallest absolute Gasteiger partial charge is 0.150 e. The molecule has 1 saturated heterocycles. The van der Waals surface area contributed by atoms with Crippen LogP contribution in [0.4, 0.5) is 10.1 Å². The first kappa shape index (κ1) is 13.2. The Bertz CT molecular complexity index is 405. The Morgan fingerprint density at radius 1 is 1.22 bits per heavy atom. The van der Waals surface area contributed by atoms with Crippen LogP contribution in [0.5, 0.6) is 5.75 Å². The Hall–Kier alpha value is -1.25. The van der Waals surface area contributed by atoms with Crippen molar-refractivity contribution in [1.82, 2.24) is 0 Å². The molecule has 0 unspecified atom stereocenters. The molecular formula is C15H22FNO. The van der Waals surface area contributed by atoms with Crippen LogP contribution in [0.25, 0.3) is 0 Å². The third-order valence-corrected chi connectivity index (χ3v) is 3.03. The fraction of sp³-hybridized carbons (Fsp3) is 0.600. The van der Waals surface area contributed by atoms with Gasteiger partial charge in [-0.15, -0.1) is 0 Å². The van der Waals surface area contributed by atoms with Crippen molar-refractivity contribution in [1.29, 1.82) is 0 Å². The van der Waals surface area contributed by atoms with E-state index in [9.17, 15) is 4.39 Å². The molecule has 1 heterocycles. The van der Waals surface area contributed by atoms with Crippen molar-refractivity contribution in [2.24, 2.45) is 5.41 Å². The number of rotatable bonds is 3. The third kappa shape index (κ3) is 3.15. The van der Waals surface area contributed by atoms with Gasteiger partial charge in [0.05, 0.1) is 6.61 Å². The lowest BCUT2D eigenvalue weighted by atomic mass is 9.99. The maximum Gasteiger partial charge on any atom is 0.150 e. The zero-order chi connectivity index (χ0) is 13.2. The number of benzene rings is 1. The minimum atomic E-state index is -0.177. The number of nitrogens with zero attached hydrogens (tertiary/aromatic N) is 1. The summed E-state index contributed by atoms with van der Waals surface area (Å²) in [4.78, 5) is 2.09. The van der Waals surface area contributed by atoms with E-state index in [1.165, 1.54) is 6.07 Å². The summed E-state index contributed by atoms with van der Waals surface area (Å²) < 4.78 is 19.8. The minimum Gasteiger partial charge on any atom is -0.491 e. The second kappa shape index (κ2) is 5.17. The van der Waals surface area contributed by atoms with Crippen LogP contribution in [0.2, 0.25) is 0 Å². The highest BCUT2D eigenvalue weighted by Crippen LogP contribution is 2.34. The van der Waals surface area contributed by atoms with Crippen LogP contribution >= 0.6 is 0 Å². The van der Waals surface area contributed by atoms with Gasteiger partial charge in [-0.1, -0.05) is 26.8 Å². The summed E-state index contributed by atoms with van der Waals surface area (Å²) in [6, 6.07) is 5.09. The van der Waals surface area contributed by atoms with Crippen molar-refractivity contribution >= 4 is 5.69 Å². The molecule has 0 N–H and O–H groups in total. The zero-order valence-corrected chi connectivity index (χ0v) is 11.5. The highest BCUT2D eigenvalue weighted by atomic mass is 19.1. The van der Waals surface area contributed by atoms with E-state index in [1.54, 1.807) is 6.07 Å². The number of halogens is 1. The molecular weight excluding hydrogens is 229 g/mol. The SMILES string of the molecule is CC(C)(C)COc1cccc(F)c1N1CCCC1. The topological polar surface area (TPSA) is 12.5 Å². The maximum absolute atomic E-state index is 14.0. The lowest BCUT2D eigenvalue weighted by Crippen LogP contribution is -2.22. The molecule has 0 bridgehead atoms. The van der Waals surface area contributed by atoms with Crippen LogP contribution in [0.3, 0.4) is 0 Å². The predicted octanol–water partition coefficient (Wildman–Crippen LogP) is 3.85. The van der Waals surface area contributed by atoms with Gasteiger partial charge in [0.25, 0.3) is 0 Å². The standard InChI is InChI=1S/C15H22FNO/c1-15(2,3)11-18-13-8-6-7-12(16)14(13)17-9-4-5-10-17/h6-8H,4-5,9-11H2,1-3H3. The number of hydrogen-bond acceptors (Lipinski definition) is 2. The molecule has 0 spiro atoms. The lowest BCUT2D eigenvalue weighted by molar-refractivity contribution is 0.198. The van der Waals surface area contributed by atoms with Crippen LogP contribution < -0.4 is 9.64 Å². The Kier molecular flexibility index (Phi) is 3.79. The summed E-state index contributed by atoms with van der Waals surface area (Å²) in [5.74, 6) is 0.495. The van der Waals surface area contributed by atoms with Crippen LogP contribution in [-0.2, 0) is 0 Å². The fourth-order valence-electron chi connectivity index (χ4n) is 2.15. The molecule has 3 heteroatoms. The monoisotopic (exact) mass is 251 g/mol. The van der Waals surface area contributed by atoms with E-state index in [1.807, 2.05) is 6.07 Å². The first-order valence-corrected chi connectivity index (χ1v) is 6.64. The van der Waals surface area contributed by atoms with Gasteiger partial charge < -0.3 is 9.64 Å². The first-order chi connectivity index (χ1) is 8.47. The van der Waals surface area contributed by atoms with Gasteiger partial charge in [0.2, 0.25) is 0 Å². The second-order valence-electron chi connectivity index (χ2n) is 6.13. The third-order valence-electron chi connectivity index (χ3n) is 3.03. The molecule has 2 rings (SSSR count). The van der Waals surface area contributed by atoms with Crippen molar-refractivity contribution in [3.63, 3.8) is 0 Å². The molecule has 100 valence electrons. The molecule has 0 aromatic heterocycles. The highest BCUT2D eigenvalue weighted by molar-refractivity contribution is 5.60. The van der Waals surface area contributed by atoms with Gasteiger partial charge in [0, 0.05) is 13.1 Å². The Morgan fingerprint density at radius 2 is 1.89 bits per heavy atom. The normalized spacial score (nSPS) is 16.1. The van der Waals surface area contributed by atoms with Crippen molar-refractivity contribution < 1.29 is 9.13 Å². The van der Waals surface area contributed by atoms with Crippen LogP contribution in [-0.4, -0.2) is 19.7 Å². The van der Waals surface area contributed by atoms with Gasteiger partial charge in [0.1, 0.15) is 17.3 Å². The average Bonchev–Trinajstić information content (AvgIpc) is 2.78. The molecule has 1 fully saturated rings. The molecule has 1 aromatic rings.